The molecule has 7 heteroatoms. The van der Waals surface area contributed by atoms with Crippen LogP contribution in [0.4, 0.5) is 4.39 Å². The van der Waals surface area contributed by atoms with Crippen molar-refractivity contribution in [3.63, 3.8) is 0 Å². The molecule has 2 rings (SSSR count). The van der Waals surface area contributed by atoms with E-state index in [1.54, 1.807) is 0 Å². The standard InChI is InChI=1S/C13H16FN3O3/c1-17(6-7-18)8-13-15-12(16-20-13)9-19-11-4-2-10(14)3-5-11/h2-5,18H,6-9H2,1H3. The van der Waals surface area contributed by atoms with Crippen molar-refractivity contribution in [2.24, 2.45) is 0 Å². The Balaban J connectivity index is 1.85. The van der Waals surface area contributed by atoms with E-state index in [1.807, 2.05) is 11.9 Å². The van der Waals surface area contributed by atoms with Gasteiger partial charge in [-0.05, 0) is 31.3 Å². The monoisotopic (exact) mass is 281 g/mol. The molecule has 0 spiro atoms. The molecule has 6 nitrogen and oxygen atoms in total. The van der Waals surface area contributed by atoms with E-state index < -0.39 is 0 Å². The summed E-state index contributed by atoms with van der Waals surface area (Å²) in [6.45, 7) is 1.22. The number of aromatic nitrogens is 2. The van der Waals surface area contributed by atoms with E-state index in [0.29, 0.717) is 30.6 Å². The summed E-state index contributed by atoms with van der Waals surface area (Å²) in [6, 6.07) is 5.71. The second-order valence-electron chi connectivity index (χ2n) is 4.31. The lowest BCUT2D eigenvalue weighted by molar-refractivity contribution is 0.200. The Kier molecular flexibility index (Phi) is 5.03. The van der Waals surface area contributed by atoms with Crippen LogP contribution in [-0.4, -0.2) is 40.3 Å². The minimum absolute atomic E-state index is 0.0746. The van der Waals surface area contributed by atoms with Gasteiger partial charge >= 0.3 is 0 Å². The molecule has 0 unspecified atom stereocenters. The molecule has 1 N–H and O–H groups in total. The van der Waals surface area contributed by atoms with Gasteiger partial charge in [0, 0.05) is 6.54 Å². The molecule has 0 radical (unpaired) electrons. The van der Waals surface area contributed by atoms with Crippen molar-refractivity contribution in [1.29, 1.82) is 0 Å². The Hall–Kier alpha value is -1.99. The average Bonchev–Trinajstić information content (AvgIpc) is 2.86. The fourth-order valence-electron chi connectivity index (χ4n) is 1.57. The summed E-state index contributed by atoms with van der Waals surface area (Å²) in [7, 11) is 1.84. The third kappa shape index (κ3) is 4.29. The first kappa shape index (κ1) is 14.4. The molecule has 0 atom stereocenters. The van der Waals surface area contributed by atoms with Crippen molar-refractivity contribution in [3.05, 3.63) is 41.8 Å². The van der Waals surface area contributed by atoms with Gasteiger partial charge in [-0.3, -0.25) is 4.90 Å². The molecule has 1 aromatic carbocycles. The Morgan fingerprint density at radius 3 is 2.80 bits per heavy atom. The van der Waals surface area contributed by atoms with Crippen molar-refractivity contribution in [2.45, 2.75) is 13.2 Å². The summed E-state index contributed by atoms with van der Waals surface area (Å²) in [6.07, 6.45) is 0. The number of halogens is 1. The zero-order chi connectivity index (χ0) is 14.4. The first-order valence-corrected chi connectivity index (χ1v) is 6.16. The summed E-state index contributed by atoms with van der Waals surface area (Å²) in [4.78, 5) is 6.02. The highest BCUT2D eigenvalue weighted by atomic mass is 19.1. The SMILES string of the molecule is CN(CCO)Cc1nc(COc2ccc(F)cc2)no1. The molecule has 1 heterocycles. The molecule has 0 amide bonds. The summed E-state index contributed by atoms with van der Waals surface area (Å²) in [5.74, 6) is 1.10. The highest BCUT2D eigenvalue weighted by Crippen LogP contribution is 2.12. The van der Waals surface area contributed by atoms with E-state index in [0.717, 1.165) is 0 Å². The number of hydrogen-bond donors (Lipinski definition) is 1. The van der Waals surface area contributed by atoms with Gasteiger partial charge in [0.15, 0.2) is 6.61 Å². The van der Waals surface area contributed by atoms with E-state index in [4.69, 9.17) is 14.4 Å². The van der Waals surface area contributed by atoms with Gasteiger partial charge in [0.25, 0.3) is 0 Å². The van der Waals surface area contributed by atoms with Gasteiger partial charge in [0.05, 0.1) is 13.2 Å². The third-order valence-corrected chi connectivity index (χ3v) is 2.58. The molecular formula is C13H16FN3O3. The highest BCUT2D eigenvalue weighted by Gasteiger charge is 2.09. The predicted octanol–water partition coefficient (Wildman–Crippen LogP) is 1.21. The lowest BCUT2D eigenvalue weighted by Crippen LogP contribution is -2.21. The number of ether oxygens (including phenoxy) is 1. The zero-order valence-corrected chi connectivity index (χ0v) is 11.1. The Bertz CT molecular complexity index is 530. The number of aliphatic hydroxyl groups excluding tert-OH is 1. The quantitative estimate of drug-likeness (QED) is 0.822. The largest absolute Gasteiger partial charge is 0.485 e. The van der Waals surface area contributed by atoms with Crippen LogP contribution in [0.25, 0.3) is 0 Å². The Labute approximate surface area is 115 Å². The van der Waals surface area contributed by atoms with Crippen molar-refractivity contribution in [1.82, 2.24) is 15.0 Å². The smallest absolute Gasteiger partial charge is 0.240 e. The minimum atomic E-state index is -0.314. The van der Waals surface area contributed by atoms with Crippen LogP contribution >= 0.6 is 0 Å². The van der Waals surface area contributed by atoms with Crippen molar-refractivity contribution < 1.29 is 18.8 Å². The van der Waals surface area contributed by atoms with Crippen LogP contribution in [0, 0.1) is 5.82 Å². The second-order valence-corrected chi connectivity index (χ2v) is 4.31. The maximum Gasteiger partial charge on any atom is 0.240 e. The van der Waals surface area contributed by atoms with E-state index in [1.165, 1.54) is 24.3 Å². The van der Waals surface area contributed by atoms with Crippen LogP contribution in [-0.2, 0) is 13.2 Å². The molecule has 0 fully saturated rings. The number of likely N-dealkylation sites (N-methyl/N-ethyl adjacent to an activating group) is 1. The molecule has 0 aliphatic rings. The minimum Gasteiger partial charge on any atom is -0.485 e. The van der Waals surface area contributed by atoms with Gasteiger partial charge in [-0.25, -0.2) is 4.39 Å². The van der Waals surface area contributed by atoms with Crippen LogP contribution in [0.3, 0.4) is 0 Å². The van der Waals surface area contributed by atoms with Gasteiger partial charge in [-0.15, -0.1) is 0 Å². The lowest BCUT2D eigenvalue weighted by atomic mass is 10.3. The molecule has 2 aromatic rings. The van der Waals surface area contributed by atoms with Crippen molar-refractivity contribution in [3.8, 4) is 5.75 Å². The maximum atomic E-state index is 12.7. The van der Waals surface area contributed by atoms with Gasteiger partial charge < -0.3 is 14.4 Å². The second kappa shape index (κ2) is 6.97. The van der Waals surface area contributed by atoms with Gasteiger partial charge in [0.2, 0.25) is 11.7 Å². The number of hydrogen-bond acceptors (Lipinski definition) is 6. The fourth-order valence-corrected chi connectivity index (χ4v) is 1.57. The topological polar surface area (TPSA) is 71.6 Å². The highest BCUT2D eigenvalue weighted by molar-refractivity contribution is 5.22. The van der Waals surface area contributed by atoms with E-state index in [9.17, 15) is 4.39 Å². The first-order valence-electron chi connectivity index (χ1n) is 6.16. The molecule has 0 aliphatic heterocycles. The van der Waals surface area contributed by atoms with Gasteiger partial charge in [0.1, 0.15) is 11.6 Å². The summed E-state index contributed by atoms with van der Waals surface area (Å²) < 4.78 is 23.2. The van der Waals surface area contributed by atoms with E-state index in [2.05, 4.69) is 10.1 Å². The first-order chi connectivity index (χ1) is 9.67. The Morgan fingerprint density at radius 2 is 2.10 bits per heavy atom. The lowest BCUT2D eigenvalue weighted by Gasteiger charge is -2.10. The molecule has 0 bridgehead atoms. The van der Waals surface area contributed by atoms with Crippen molar-refractivity contribution in [2.75, 3.05) is 20.2 Å². The fraction of sp³-hybridized carbons (Fsp3) is 0.385. The summed E-state index contributed by atoms with van der Waals surface area (Å²) >= 11 is 0. The molecule has 1 aromatic heterocycles. The molecule has 108 valence electrons. The predicted molar refractivity (Wildman–Crippen MR) is 68.4 cm³/mol. The molecular weight excluding hydrogens is 265 g/mol. The summed E-state index contributed by atoms with van der Waals surface area (Å²) in [5, 5.41) is 12.6. The molecule has 20 heavy (non-hydrogen) atoms. The molecule has 0 saturated heterocycles. The maximum absolute atomic E-state index is 12.7. The number of nitrogens with zero attached hydrogens (tertiary/aromatic N) is 3. The Morgan fingerprint density at radius 1 is 1.35 bits per heavy atom. The summed E-state index contributed by atoms with van der Waals surface area (Å²) in [5.41, 5.74) is 0. The van der Waals surface area contributed by atoms with Crippen LogP contribution in [0.5, 0.6) is 5.75 Å². The normalized spacial score (nSPS) is 11.0. The average molecular weight is 281 g/mol. The van der Waals surface area contributed by atoms with Crippen LogP contribution < -0.4 is 4.74 Å². The van der Waals surface area contributed by atoms with Gasteiger partial charge in [-0.2, -0.15) is 4.98 Å². The molecule has 0 saturated carbocycles. The van der Waals surface area contributed by atoms with Crippen LogP contribution in [0.15, 0.2) is 28.8 Å². The third-order valence-electron chi connectivity index (χ3n) is 2.58. The van der Waals surface area contributed by atoms with Crippen molar-refractivity contribution >= 4 is 0 Å². The number of aliphatic hydroxyl groups is 1. The molecule has 0 aliphatic carbocycles. The van der Waals surface area contributed by atoms with Crippen LogP contribution in [0.1, 0.15) is 11.7 Å². The number of rotatable bonds is 7. The van der Waals surface area contributed by atoms with E-state index in [-0.39, 0.29) is 19.0 Å². The van der Waals surface area contributed by atoms with Gasteiger partial charge in [-0.1, -0.05) is 5.16 Å². The number of benzene rings is 1. The zero-order valence-electron chi connectivity index (χ0n) is 11.1. The van der Waals surface area contributed by atoms with Crippen LogP contribution in [0.2, 0.25) is 0 Å². The van der Waals surface area contributed by atoms with E-state index >= 15 is 0 Å².